The number of urea groups is 1. The lowest BCUT2D eigenvalue weighted by Gasteiger charge is -2.16. The number of hydrazine groups is 1. The summed E-state index contributed by atoms with van der Waals surface area (Å²) in [5.41, 5.74) is 5.10. The molecular weight excluding hydrogens is 607 g/mol. The number of nitrogens with zero attached hydrogens (tertiary/aromatic N) is 1. The quantitative estimate of drug-likeness (QED) is 0.179. The minimum Gasteiger partial charge on any atom is -0.490 e. The van der Waals surface area contributed by atoms with Crippen LogP contribution in [0.25, 0.3) is 6.08 Å². The Kier molecular flexibility index (Phi) is 10.1. The Balaban J connectivity index is 1.41. The number of benzene rings is 3. The minimum absolute atomic E-state index is 0.148. The van der Waals surface area contributed by atoms with Gasteiger partial charge in [0, 0.05) is 11.4 Å². The first-order valence-electron chi connectivity index (χ1n) is 12.2. The molecule has 41 heavy (non-hydrogen) atoms. The van der Waals surface area contributed by atoms with Gasteiger partial charge in [0.25, 0.3) is 11.8 Å². The van der Waals surface area contributed by atoms with E-state index in [1.165, 1.54) is 12.1 Å². The summed E-state index contributed by atoms with van der Waals surface area (Å²) in [6, 6.07) is 16.4. The fourth-order valence-corrected chi connectivity index (χ4v) is 5.07. The predicted molar refractivity (Wildman–Crippen MR) is 167 cm³/mol. The second-order valence-corrected chi connectivity index (χ2v) is 11.0. The monoisotopic (exact) mass is 630 g/mol. The number of thiocarbonyl (C=S) groups is 1. The van der Waals surface area contributed by atoms with Gasteiger partial charge in [0.2, 0.25) is 0 Å². The molecular formula is C28H24Cl2N4O5S2. The predicted octanol–water partition coefficient (Wildman–Crippen LogP) is 6.66. The molecule has 9 nitrogen and oxygen atoms in total. The van der Waals surface area contributed by atoms with Gasteiger partial charge in [-0.05, 0) is 79.7 Å². The first-order chi connectivity index (χ1) is 19.6. The number of carbonyl (C=O) groups excluding carboxylic acids is 3. The zero-order valence-corrected chi connectivity index (χ0v) is 25.0. The van der Waals surface area contributed by atoms with Gasteiger partial charge in [-0.15, -0.1) is 0 Å². The lowest BCUT2D eigenvalue weighted by Crippen LogP contribution is -2.46. The van der Waals surface area contributed by atoms with E-state index in [-0.39, 0.29) is 21.9 Å². The summed E-state index contributed by atoms with van der Waals surface area (Å²) >= 11 is 18.2. The van der Waals surface area contributed by atoms with E-state index in [0.717, 1.165) is 22.3 Å². The summed E-state index contributed by atoms with van der Waals surface area (Å²) in [4.78, 5) is 38.2. The number of para-hydroxylation sites is 1. The molecule has 3 aromatic rings. The van der Waals surface area contributed by atoms with Crippen molar-refractivity contribution in [1.29, 1.82) is 0 Å². The number of nitrogens with one attached hydrogen (secondary N) is 3. The molecule has 1 heterocycles. The van der Waals surface area contributed by atoms with Gasteiger partial charge in [0.15, 0.2) is 22.4 Å². The smallest absolute Gasteiger partial charge is 0.338 e. The lowest BCUT2D eigenvalue weighted by atomic mass is 10.2. The number of ether oxygens (including phenoxy) is 2. The Morgan fingerprint density at radius 2 is 1.78 bits per heavy atom. The maximum absolute atomic E-state index is 13.0. The molecule has 1 fully saturated rings. The van der Waals surface area contributed by atoms with Crippen molar-refractivity contribution < 1.29 is 23.9 Å². The molecule has 0 aromatic heterocycles. The number of carbonyl (C=O) groups is 3. The summed E-state index contributed by atoms with van der Waals surface area (Å²) in [6.45, 7) is 3.86. The third-order valence-corrected chi connectivity index (χ3v) is 7.57. The molecule has 3 N–H and O–H groups in total. The van der Waals surface area contributed by atoms with Crippen molar-refractivity contribution in [2.45, 2.75) is 13.8 Å². The van der Waals surface area contributed by atoms with Crippen molar-refractivity contribution in [2.24, 2.45) is 0 Å². The average Bonchev–Trinajstić information content (AvgIpc) is 3.19. The van der Waals surface area contributed by atoms with Gasteiger partial charge in [0.05, 0.1) is 21.6 Å². The van der Waals surface area contributed by atoms with Crippen LogP contribution in [0.2, 0.25) is 10.0 Å². The molecule has 4 rings (SSSR count). The number of thioether (sulfide) groups is 1. The molecule has 0 bridgehead atoms. The van der Waals surface area contributed by atoms with Crippen LogP contribution >= 0.6 is 47.2 Å². The molecule has 4 amide bonds. The molecule has 1 aliphatic rings. The first-order valence-corrected chi connectivity index (χ1v) is 14.2. The Hall–Kier alpha value is -3.77. The lowest BCUT2D eigenvalue weighted by molar-refractivity contribution is -0.123. The van der Waals surface area contributed by atoms with Gasteiger partial charge in [-0.1, -0.05) is 59.2 Å². The van der Waals surface area contributed by atoms with Crippen LogP contribution in [0, 0.1) is 6.92 Å². The molecule has 1 saturated heterocycles. The summed E-state index contributed by atoms with van der Waals surface area (Å²) in [5.74, 6) is -0.0441. The number of anilines is 2. The van der Waals surface area contributed by atoms with E-state index in [1.807, 2.05) is 38.1 Å². The van der Waals surface area contributed by atoms with E-state index >= 15 is 0 Å². The molecule has 0 aliphatic carbocycles. The Morgan fingerprint density at radius 1 is 1.00 bits per heavy atom. The summed E-state index contributed by atoms with van der Waals surface area (Å²) < 4.78 is 11.6. The number of amides is 4. The Bertz CT molecular complexity index is 1550. The number of halogens is 2. The zero-order valence-electron chi connectivity index (χ0n) is 21.8. The minimum atomic E-state index is -0.687. The maximum atomic E-state index is 13.0. The van der Waals surface area contributed by atoms with Crippen LogP contribution in [0.15, 0.2) is 65.6 Å². The van der Waals surface area contributed by atoms with E-state index in [0.29, 0.717) is 45.0 Å². The van der Waals surface area contributed by atoms with E-state index < -0.39 is 11.9 Å². The van der Waals surface area contributed by atoms with Crippen LogP contribution < -0.4 is 25.5 Å². The van der Waals surface area contributed by atoms with Crippen molar-refractivity contribution in [3.63, 3.8) is 0 Å². The van der Waals surface area contributed by atoms with Crippen molar-refractivity contribution in [3.8, 4) is 11.5 Å². The highest BCUT2D eigenvalue weighted by molar-refractivity contribution is 8.26. The largest absolute Gasteiger partial charge is 0.490 e. The summed E-state index contributed by atoms with van der Waals surface area (Å²) in [7, 11) is 0. The van der Waals surface area contributed by atoms with Gasteiger partial charge in [0.1, 0.15) is 0 Å². The van der Waals surface area contributed by atoms with Gasteiger partial charge >= 0.3 is 6.03 Å². The van der Waals surface area contributed by atoms with Gasteiger partial charge in [-0.3, -0.25) is 9.59 Å². The molecule has 212 valence electrons. The molecule has 1 aliphatic heterocycles. The van der Waals surface area contributed by atoms with Crippen LogP contribution in [0.1, 0.15) is 18.1 Å². The number of hydrogen-bond donors (Lipinski definition) is 3. The third kappa shape index (κ3) is 7.92. The molecule has 3 aromatic carbocycles. The van der Waals surface area contributed by atoms with Crippen LogP contribution in [0.5, 0.6) is 11.5 Å². The summed E-state index contributed by atoms with van der Waals surface area (Å²) in [6.07, 6.45) is 1.62. The van der Waals surface area contributed by atoms with E-state index in [2.05, 4.69) is 16.1 Å². The first kappa shape index (κ1) is 30.2. The van der Waals surface area contributed by atoms with Crippen LogP contribution in [0.3, 0.4) is 0 Å². The number of aryl methyl sites for hydroxylation is 1. The highest BCUT2D eigenvalue weighted by Gasteiger charge is 2.33. The second kappa shape index (κ2) is 13.7. The number of hydrogen-bond acceptors (Lipinski definition) is 7. The molecule has 13 heteroatoms. The topological polar surface area (TPSA) is 109 Å². The molecule has 0 atom stereocenters. The standard InChI is InChI=1S/C28H24Cl2N4O5S2/c1-3-38-23-12-17(8-11-22(23)39-15-25(35)32-21-7-5-4-6-16(21)2)13-24-26(36)34(28(40)41-24)33-27(37)31-18-9-10-19(29)20(30)14-18/h4-14H,3,15H2,1-2H3,(H,32,35)(H2,31,33,37)/b24-13-. The van der Waals surface area contributed by atoms with Crippen molar-refractivity contribution in [2.75, 3.05) is 23.8 Å². The zero-order chi connectivity index (χ0) is 29.5. The maximum Gasteiger partial charge on any atom is 0.338 e. The van der Waals surface area contributed by atoms with E-state index in [1.54, 1.807) is 30.3 Å². The Labute approximate surface area is 256 Å². The highest BCUT2D eigenvalue weighted by Crippen LogP contribution is 2.34. The fourth-order valence-electron chi connectivity index (χ4n) is 3.59. The van der Waals surface area contributed by atoms with Gasteiger partial charge in [-0.25, -0.2) is 10.2 Å². The molecule has 0 spiro atoms. The molecule has 0 saturated carbocycles. The Morgan fingerprint density at radius 3 is 2.51 bits per heavy atom. The highest BCUT2D eigenvalue weighted by atomic mass is 35.5. The van der Waals surface area contributed by atoms with Crippen LogP contribution in [-0.4, -0.2) is 40.4 Å². The molecule has 0 unspecified atom stereocenters. The summed E-state index contributed by atoms with van der Waals surface area (Å²) in [5, 5.41) is 6.98. The van der Waals surface area contributed by atoms with Crippen molar-refractivity contribution in [3.05, 3.63) is 86.7 Å². The van der Waals surface area contributed by atoms with E-state index in [4.69, 9.17) is 44.9 Å². The average molecular weight is 632 g/mol. The SMILES string of the molecule is CCOc1cc(/C=C2\SC(=S)N(NC(=O)Nc3ccc(Cl)c(Cl)c3)C2=O)ccc1OCC(=O)Nc1ccccc1C. The second-order valence-electron chi connectivity index (χ2n) is 8.50. The van der Waals surface area contributed by atoms with Crippen molar-refractivity contribution in [1.82, 2.24) is 10.4 Å². The third-order valence-electron chi connectivity index (χ3n) is 5.53. The fraction of sp³-hybridized carbons (Fsp3) is 0.143. The number of rotatable bonds is 9. The normalized spacial score (nSPS) is 13.8. The van der Waals surface area contributed by atoms with Gasteiger partial charge < -0.3 is 20.1 Å². The van der Waals surface area contributed by atoms with Gasteiger partial charge in [-0.2, -0.15) is 5.01 Å². The van der Waals surface area contributed by atoms with Crippen molar-refractivity contribution >= 4 is 86.8 Å². The molecule has 0 radical (unpaired) electrons. The van der Waals surface area contributed by atoms with Crippen LogP contribution in [0.4, 0.5) is 16.2 Å². The van der Waals surface area contributed by atoms with Crippen LogP contribution in [-0.2, 0) is 9.59 Å². The van der Waals surface area contributed by atoms with E-state index in [9.17, 15) is 14.4 Å².